The molecule has 2 aliphatic carbocycles. The van der Waals surface area contributed by atoms with Gasteiger partial charge in [0.2, 0.25) is 5.91 Å². The summed E-state index contributed by atoms with van der Waals surface area (Å²) in [6.07, 6.45) is 7.31. The van der Waals surface area contributed by atoms with Gasteiger partial charge in [0, 0.05) is 11.6 Å². The molecule has 0 bridgehead atoms. The second kappa shape index (κ2) is 3.89. The van der Waals surface area contributed by atoms with Gasteiger partial charge >= 0.3 is 0 Å². The van der Waals surface area contributed by atoms with Crippen LogP contribution in [-0.4, -0.2) is 24.0 Å². The highest BCUT2D eigenvalue weighted by Crippen LogP contribution is 2.33. The molecule has 0 aliphatic heterocycles. The highest BCUT2D eigenvalue weighted by molar-refractivity contribution is 5.78. The molecule has 0 atom stereocenters. The highest BCUT2D eigenvalue weighted by atomic mass is 16.2. The van der Waals surface area contributed by atoms with E-state index in [0.29, 0.717) is 12.6 Å². The van der Waals surface area contributed by atoms with Crippen molar-refractivity contribution in [1.29, 1.82) is 0 Å². The van der Waals surface area contributed by atoms with Crippen molar-refractivity contribution in [3.05, 3.63) is 0 Å². The largest absolute Gasteiger partial charge is 0.352 e. The van der Waals surface area contributed by atoms with Crippen LogP contribution in [0.3, 0.4) is 0 Å². The number of carbonyl (C=O) groups is 1. The summed E-state index contributed by atoms with van der Waals surface area (Å²) in [7, 11) is 0. The first kappa shape index (κ1) is 9.97. The topological polar surface area (TPSA) is 41.1 Å². The number of rotatable bonds is 4. The van der Waals surface area contributed by atoms with E-state index < -0.39 is 0 Å². The van der Waals surface area contributed by atoms with Crippen LogP contribution in [0.5, 0.6) is 0 Å². The summed E-state index contributed by atoms with van der Waals surface area (Å²) in [4.78, 5) is 11.5. The summed E-state index contributed by atoms with van der Waals surface area (Å²) >= 11 is 0. The van der Waals surface area contributed by atoms with E-state index in [-0.39, 0.29) is 11.4 Å². The van der Waals surface area contributed by atoms with Gasteiger partial charge in [-0.3, -0.25) is 4.79 Å². The Kier molecular flexibility index (Phi) is 2.77. The predicted octanol–water partition coefficient (Wildman–Crippen LogP) is 1.19. The van der Waals surface area contributed by atoms with E-state index in [2.05, 4.69) is 17.6 Å². The molecule has 2 saturated carbocycles. The molecule has 0 saturated heterocycles. The van der Waals surface area contributed by atoms with E-state index in [1.807, 2.05) is 0 Å². The van der Waals surface area contributed by atoms with Crippen LogP contribution in [0.2, 0.25) is 0 Å². The van der Waals surface area contributed by atoms with Gasteiger partial charge in [-0.1, -0.05) is 12.8 Å². The SMILES string of the molecule is CC1(NCC(=O)NC2CCCC2)CC1. The van der Waals surface area contributed by atoms with Crippen LogP contribution in [0, 0.1) is 0 Å². The Morgan fingerprint density at radius 2 is 2.00 bits per heavy atom. The third-order valence-corrected chi connectivity index (χ3v) is 3.40. The van der Waals surface area contributed by atoms with Crippen molar-refractivity contribution in [3.63, 3.8) is 0 Å². The molecule has 0 heterocycles. The first-order chi connectivity index (χ1) is 6.68. The fourth-order valence-electron chi connectivity index (χ4n) is 2.01. The zero-order valence-electron chi connectivity index (χ0n) is 8.94. The fourth-order valence-corrected chi connectivity index (χ4v) is 2.01. The maximum Gasteiger partial charge on any atom is 0.234 e. The third kappa shape index (κ3) is 2.71. The Labute approximate surface area is 85.6 Å². The summed E-state index contributed by atoms with van der Waals surface area (Å²) in [6.45, 7) is 2.67. The van der Waals surface area contributed by atoms with Gasteiger partial charge in [0.25, 0.3) is 0 Å². The average Bonchev–Trinajstić information content (AvgIpc) is 2.67. The van der Waals surface area contributed by atoms with Gasteiger partial charge in [-0.15, -0.1) is 0 Å². The van der Waals surface area contributed by atoms with Crippen LogP contribution in [0.1, 0.15) is 45.4 Å². The number of amides is 1. The minimum atomic E-state index is 0.171. The smallest absolute Gasteiger partial charge is 0.234 e. The Morgan fingerprint density at radius 1 is 1.36 bits per heavy atom. The molecule has 2 N–H and O–H groups in total. The second-order valence-corrected chi connectivity index (χ2v) is 4.96. The van der Waals surface area contributed by atoms with Gasteiger partial charge in [0.1, 0.15) is 0 Å². The van der Waals surface area contributed by atoms with E-state index in [1.54, 1.807) is 0 Å². The van der Waals surface area contributed by atoms with E-state index >= 15 is 0 Å². The third-order valence-electron chi connectivity index (χ3n) is 3.40. The molecule has 80 valence electrons. The van der Waals surface area contributed by atoms with Crippen LogP contribution in [0.4, 0.5) is 0 Å². The first-order valence-corrected chi connectivity index (χ1v) is 5.72. The lowest BCUT2D eigenvalue weighted by atomic mass is 10.2. The minimum Gasteiger partial charge on any atom is -0.352 e. The lowest BCUT2D eigenvalue weighted by molar-refractivity contribution is -0.121. The molecule has 0 aromatic heterocycles. The molecule has 0 spiro atoms. The molecule has 0 aromatic rings. The van der Waals surface area contributed by atoms with Crippen molar-refractivity contribution >= 4 is 5.91 Å². The van der Waals surface area contributed by atoms with Gasteiger partial charge in [-0.2, -0.15) is 0 Å². The molecule has 0 radical (unpaired) electrons. The lowest BCUT2D eigenvalue weighted by Crippen LogP contribution is -2.42. The maximum atomic E-state index is 11.5. The second-order valence-electron chi connectivity index (χ2n) is 4.96. The van der Waals surface area contributed by atoms with E-state index in [9.17, 15) is 4.79 Å². The predicted molar refractivity (Wildman–Crippen MR) is 56.0 cm³/mol. The lowest BCUT2D eigenvalue weighted by Gasteiger charge is -2.14. The first-order valence-electron chi connectivity index (χ1n) is 5.72. The van der Waals surface area contributed by atoms with Crippen LogP contribution < -0.4 is 10.6 Å². The number of hydrogen-bond donors (Lipinski definition) is 2. The number of carbonyl (C=O) groups excluding carboxylic acids is 1. The molecular weight excluding hydrogens is 176 g/mol. The van der Waals surface area contributed by atoms with Gasteiger partial charge in [-0.05, 0) is 32.6 Å². The van der Waals surface area contributed by atoms with Crippen LogP contribution in [-0.2, 0) is 4.79 Å². The average molecular weight is 196 g/mol. The van der Waals surface area contributed by atoms with Crippen molar-refractivity contribution in [3.8, 4) is 0 Å². The zero-order chi connectivity index (χ0) is 10.0. The normalized spacial score (nSPS) is 24.9. The molecule has 3 nitrogen and oxygen atoms in total. The Morgan fingerprint density at radius 3 is 2.57 bits per heavy atom. The standard InChI is InChI=1S/C11H20N2O/c1-11(6-7-11)12-8-10(14)13-9-4-2-3-5-9/h9,12H,2-8H2,1H3,(H,13,14). The Hall–Kier alpha value is -0.570. The molecule has 0 unspecified atom stereocenters. The monoisotopic (exact) mass is 196 g/mol. The number of hydrogen-bond acceptors (Lipinski definition) is 2. The van der Waals surface area contributed by atoms with Gasteiger partial charge in [0.15, 0.2) is 0 Å². The molecule has 1 amide bonds. The molecule has 2 fully saturated rings. The van der Waals surface area contributed by atoms with Crippen LogP contribution in [0.15, 0.2) is 0 Å². The van der Waals surface area contributed by atoms with Gasteiger partial charge in [-0.25, -0.2) is 0 Å². The minimum absolute atomic E-state index is 0.171. The summed E-state index contributed by atoms with van der Waals surface area (Å²) < 4.78 is 0. The van der Waals surface area contributed by atoms with Gasteiger partial charge in [0.05, 0.1) is 6.54 Å². The van der Waals surface area contributed by atoms with Crippen molar-refractivity contribution in [2.75, 3.05) is 6.54 Å². The maximum absolute atomic E-state index is 11.5. The van der Waals surface area contributed by atoms with E-state index in [0.717, 1.165) is 0 Å². The van der Waals surface area contributed by atoms with Crippen molar-refractivity contribution in [2.45, 2.75) is 57.0 Å². The summed E-state index contributed by atoms with van der Waals surface area (Å²) in [5, 5.41) is 6.37. The summed E-state index contributed by atoms with van der Waals surface area (Å²) in [5.74, 6) is 0.171. The number of nitrogens with one attached hydrogen (secondary N) is 2. The highest BCUT2D eigenvalue weighted by Gasteiger charge is 2.36. The van der Waals surface area contributed by atoms with Crippen molar-refractivity contribution in [1.82, 2.24) is 10.6 Å². The fraction of sp³-hybridized carbons (Fsp3) is 0.909. The molecule has 3 heteroatoms. The summed E-state index contributed by atoms with van der Waals surface area (Å²) in [6, 6.07) is 0.455. The van der Waals surface area contributed by atoms with E-state index in [1.165, 1.54) is 38.5 Å². The Bertz CT molecular complexity index is 217. The molecular formula is C11H20N2O. The van der Waals surface area contributed by atoms with E-state index in [4.69, 9.17) is 0 Å². The molecule has 2 rings (SSSR count). The van der Waals surface area contributed by atoms with Crippen molar-refractivity contribution < 1.29 is 4.79 Å². The quantitative estimate of drug-likeness (QED) is 0.709. The van der Waals surface area contributed by atoms with Gasteiger partial charge < -0.3 is 10.6 Å². The van der Waals surface area contributed by atoms with Crippen LogP contribution >= 0.6 is 0 Å². The van der Waals surface area contributed by atoms with Crippen LogP contribution in [0.25, 0.3) is 0 Å². The van der Waals surface area contributed by atoms with Crippen molar-refractivity contribution in [2.24, 2.45) is 0 Å². The molecule has 2 aliphatic rings. The Balaban J connectivity index is 1.62. The molecule has 14 heavy (non-hydrogen) atoms. The summed E-state index contributed by atoms with van der Waals surface area (Å²) in [5.41, 5.74) is 0.271. The molecule has 0 aromatic carbocycles. The zero-order valence-corrected chi connectivity index (χ0v) is 8.94.